The topological polar surface area (TPSA) is 40.9 Å². The first kappa shape index (κ1) is 14.9. The van der Waals surface area contributed by atoms with E-state index in [2.05, 4.69) is 0 Å². The van der Waals surface area contributed by atoms with Crippen LogP contribution in [0.1, 0.15) is 15.9 Å². The van der Waals surface area contributed by atoms with Crippen LogP contribution in [0.15, 0.2) is 18.2 Å². The van der Waals surface area contributed by atoms with Gasteiger partial charge in [-0.1, -0.05) is 8.41 Å². The molecule has 0 unspecified atom stereocenters. The van der Waals surface area contributed by atoms with Crippen molar-refractivity contribution >= 4 is 14.7 Å². The van der Waals surface area contributed by atoms with Crippen LogP contribution < -0.4 is 29.6 Å². The quantitative estimate of drug-likeness (QED) is 0.348. The van der Waals surface area contributed by atoms with Gasteiger partial charge in [0.25, 0.3) is 0 Å². The Kier molecular flexibility index (Phi) is 7.83. The van der Waals surface area contributed by atoms with Crippen LogP contribution in [-0.2, 0) is 0 Å². The summed E-state index contributed by atoms with van der Waals surface area (Å²) in [5.74, 6) is -0.598. The molecule has 0 aliphatic heterocycles. The van der Waals surface area contributed by atoms with E-state index >= 15 is 0 Å². The molecule has 0 fully saturated rings. The van der Waals surface area contributed by atoms with Gasteiger partial charge < -0.3 is 0 Å². The van der Waals surface area contributed by atoms with Crippen molar-refractivity contribution in [2.45, 2.75) is 0 Å². The summed E-state index contributed by atoms with van der Waals surface area (Å²) < 4.78 is 12.6. The zero-order valence-electron chi connectivity index (χ0n) is 6.54. The maximum Gasteiger partial charge on any atom is 1.00 e. The first-order valence-corrected chi connectivity index (χ1v) is 2.93. The van der Waals surface area contributed by atoms with Crippen LogP contribution >= 0.6 is 0 Å². The molecule has 0 heterocycles. The van der Waals surface area contributed by atoms with E-state index in [1.54, 1.807) is 6.07 Å². The molecule has 0 saturated carbocycles. The summed E-state index contributed by atoms with van der Waals surface area (Å²) in [6, 6.07) is 5.44. The number of hydrogen-bond donors (Lipinski definition) is 0. The summed E-state index contributed by atoms with van der Waals surface area (Å²) in [5.41, 5.74) is 0.206. The van der Waals surface area contributed by atoms with Gasteiger partial charge in [-0.3, -0.25) is 4.79 Å². The van der Waals surface area contributed by atoms with E-state index in [0.29, 0.717) is 6.29 Å². The van der Waals surface area contributed by atoms with Gasteiger partial charge in [0, 0.05) is 0 Å². The largest absolute Gasteiger partial charge is 1.00 e. The summed E-state index contributed by atoms with van der Waals surface area (Å²) in [7, 11) is 0. The Bertz CT molecular complexity index is 337. The van der Waals surface area contributed by atoms with Crippen molar-refractivity contribution in [1.82, 2.24) is 0 Å². The van der Waals surface area contributed by atoms with E-state index in [1.165, 1.54) is 12.1 Å². The van der Waals surface area contributed by atoms with Crippen LogP contribution in [0, 0.1) is 17.1 Å². The number of carbonyl (C=O) groups is 1. The van der Waals surface area contributed by atoms with Gasteiger partial charge >= 0.3 is 29.6 Å². The predicted octanol–water partition coefficient (Wildman–Crippen LogP) is -2.94. The molecular weight excluding hydrogens is 179 g/mol. The molecule has 62 valence electrons. The van der Waals surface area contributed by atoms with Crippen molar-refractivity contribution < 1.29 is 38.7 Å². The van der Waals surface area contributed by atoms with Crippen LogP contribution in [0.5, 0.6) is 0 Å². The summed E-state index contributed by atoms with van der Waals surface area (Å²) in [5, 5.41) is 8.36. The molecule has 1 aromatic rings. The SMILES string of the molecule is N#Cc1ccc(F)c(C=O)c1.[BH4-].[Na+]. The number of rotatable bonds is 1. The zero-order valence-corrected chi connectivity index (χ0v) is 8.54. The Labute approximate surface area is 99.6 Å². The number of carbonyl (C=O) groups excluding carboxylic acids is 1. The molecule has 13 heavy (non-hydrogen) atoms. The number of halogens is 1. The normalized spacial score (nSPS) is 7.38. The van der Waals surface area contributed by atoms with Crippen LogP contribution in [0.2, 0.25) is 0 Å². The van der Waals surface area contributed by atoms with E-state index in [9.17, 15) is 9.18 Å². The summed E-state index contributed by atoms with van der Waals surface area (Å²) >= 11 is 0. The van der Waals surface area contributed by atoms with Crippen LogP contribution in [0.4, 0.5) is 4.39 Å². The minimum Gasteiger partial charge on any atom is -0.298 e. The molecule has 5 heteroatoms. The summed E-state index contributed by atoms with van der Waals surface area (Å²) in [4.78, 5) is 10.1. The average molecular weight is 187 g/mol. The third-order valence-electron chi connectivity index (χ3n) is 1.25. The molecule has 0 atom stereocenters. The van der Waals surface area contributed by atoms with Gasteiger partial charge in [-0.25, -0.2) is 4.39 Å². The van der Waals surface area contributed by atoms with Crippen molar-refractivity contribution in [3.8, 4) is 6.07 Å². The smallest absolute Gasteiger partial charge is 0.298 e. The van der Waals surface area contributed by atoms with E-state index in [1.807, 2.05) is 0 Å². The Morgan fingerprint density at radius 3 is 2.54 bits per heavy atom. The van der Waals surface area contributed by atoms with Crippen molar-refractivity contribution in [2.75, 3.05) is 0 Å². The fourth-order valence-corrected chi connectivity index (χ4v) is 0.704. The standard InChI is InChI=1S/C8H4FNO.BH4.Na/c9-8-2-1-6(4-10)3-7(8)5-11;;/h1-3,5H;1H4;/q;-1;+1. The molecule has 0 radical (unpaired) electrons. The van der Waals surface area contributed by atoms with Gasteiger partial charge in [0.05, 0.1) is 17.2 Å². The summed E-state index contributed by atoms with van der Waals surface area (Å²) in [6.45, 7) is 0. The number of hydrogen-bond acceptors (Lipinski definition) is 2. The molecule has 0 aliphatic rings. The van der Waals surface area contributed by atoms with Crippen LogP contribution in [-0.4, -0.2) is 14.7 Å². The minimum absolute atomic E-state index is 0. The van der Waals surface area contributed by atoms with Gasteiger partial charge in [0.2, 0.25) is 0 Å². The third-order valence-corrected chi connectivity index (χ3v) is 1.25. The van der Waals surface area contributed by atoms with Crippen LogP contribution in [0.3, 0.4) is 0 Å². The molecule has 1 rings (SSSR count). The molecule has 1 aromatic carbocycles. The van der Waals surface area contributed by atoms with Crippen molar-refractivity contribution in [3.05, 3.63) is 35.1 Å². The Hall–Kier alpha value is -0.625. The van der Waals surface area contributed by atoms with Crippen LogP contribution in [0.25, 0.3) is 0 Å². The molecule has 0 aliphatic carbocycles. The second-order valence-electron chi connectivity index (χ2n) is 1.97. The average Bonchev–Trinajstić information content (AvgIpc) is 2.05. The molecule has 0 bridgehead atoms. The van der Waals surface area contributed by atoms with E-state index in [0.717, 1.165) is 6.07 Å². The van der Waals surface area contributed by atoms with Crippen molar-refractivity contribution in [3.63, 3.8) is 0 Å². The Balaban J connectivity index is 0. The molecule has 0 amide bonds. The summed E-state index contributed by atoms with van der Waals surface area (Å²) in [6.07, 6.45) is 0.385. The van der Waals surface area contributed by atoms with Gasteiger partial charge in [-0.2, -0.15) is 5.26 Å². The van der Waals surface area contributed by atoms with Crippen molar-refractivity contribution in [2.24, 2.45) is 0 Å². The zero-order chi connectivity index (χ0) is 8.27. The fourth-order valence-electron chi connectivity index (χ4n) is 0.704. The maximum absolute atomic E-state index is 12.6. The molecule has 0 saturated heterocycles. The van der Waals surface area contributed by atoms with E-state index < -0.39 is 5.82 Å². The molecule has 0 aromatic heterocycles. The number of benzene rings is 1. The molecular formula is C8H8BFNNaO. The maximum atomic E-state index is 12.6. The molecule has 0 spiro atoms. The molecule has 2 nitrogen and oxygen atoms in total. The first-order valence-electron chi connectivity index (χ1n) is 2.93. The van der Waals surface area contributed by atoms with Gasteiger partial charge in [0.1, 0.15) is 5.82 Å². The predicted molar refractivity (Wildman–Crippen MR) is 47.8 cm³/mol. The van der Waals surface area contributed by atoms with Gasteiger partial charge in [-0.15, -0.1) is 0 Å². The monoisotopic (exact) mass is 187 g/mol. The minimum atomic E-state index is -0.598. The second-order valence-corrected chi connectivity index (χ2v) is 1.97. The first-order chi connectivity index (χ1) is 5.27. The molecule has 0 N–H and O–H groups in total. The number of aldehydes is 1. The third kappa shape index (κ3) is 3.73. The van der Waals surface area contributed by atoms with Gasteiger partial charge in [0.15, 0.2) is 6.29 Å². The number of nitriles is 1. The Morgan fingerprint density at radius 1 is 1.46 bits per heavy atom. The van der Waals surface area contributed by atoms with Gasteiger partial charge in [-0.05, 0) is 18.2 Å². The fraction of sp³-hybridized carbons (Fsp3) is 0. The van der Waals surface area contributed by atoms with E-state index in [4.69, 9.17) is 5.26 Å². The number of nitrogens with zero attached hydrogens (tertiary/aromatic N) is 1. The second kappa shape index (κ2) is 6.84. The van der Waals surface area contributed by atoms with Crippen molar-refractivity contribution in [1.29, 1.82) is 5.26 Å². The van der Waals surface area contributed by atoms with E-state index in [-0.39, 0.29) is 49.1 Å². The Morgan fingerprint density at radius 2 is 2.08 bits per heavy atom.